The van der Waals surface area contributed by atoms with Crippen molar-refractivity contribution in [3.63, 3.8) is 0 Å². The van der Waals surface area contributed by atoms with Crippen LogP contribution < -0.4 is 4.90 Å². The van der Waals surface area contributed by atoms with E-state index in [9.17, 15) is 17.7 Å². The maximum atomic E-state index is 14.0. The summed E-state index contributed by atoms with van der Waals surface area (Å²) in [6.07, 6.45) is -1.99. The Morgan fingerprint density at radius 1 is 1.21 bits per heavy atom. The zero-order valence-electron chi connectivity index (χ0n) is 19.6. The molecule has 1 aliphatic rings. The Balaban J connectivity index is 1.70. The van der Waals surface area contributed by atoms with Crippen molar-refractivity contribution in [3.05, 3.63) is 52.9 Å². The smallest absolute Gasteiger partial charge is 0.412 e. The highest BCUT2D eigenvalue weighted by atomic mass is 35.5. The number of aromatic nitrogens is 3. The standard InChI is InChI=1S/C23H27ClF3N5OS/c1-14-10-11-31(17-13-28-19-12-18(24)29-32(19)20(14)17)16-8-6-15(7-9-16)21(23(25,26)27)30(5)34(33)22(2,3)4/h6-9,12-14,21H,10-11H2,1-5H3/t14?,21-,34+/m0/s1. The predicted octanol–water partition coefficient (Wildman–Crippen LogP) is 6.03. The van der Waals surface area contributed by atoms with E-state index in [0.29, 0.717) is 17.3 Å². The van der Waals surface area contributed by atoms with Gasteiger partial charge in [-0.15, -0.1) is 4.31 Å². The second-order valence-corrected chi connectivity index (χ2v) is 12.2. The second kappa shape index (κ2) is 8.89. The third kappa shape index (κ3) is 4.60. The van der Waals surface area contributed by atoms with Crippen molar-refractivity contribution in [2.45, 2.75) is 57.0 Å². The number of hydrogen-bond donors (Lipinski definition) is 0. The number of fused-ring (bicyclic) bond motifs is 3. The molecule has 0 saturated carbocycles. The van der Waals surface area contributed by atoms with Crippen LogP contribution in [0.5, 0.6) is 0 Å². The number of alkyl halides is 3. The van der Waals surface area contributed by atoms with Gasteiger partial charge in [-0.25, -0.2) is 9.50 Å². The maximum Gasteiger partial charge on any atom is 0.412 e. The summed E-state index contributed by atoms with van der Waals surface area (Å²) in [5, 5.41) is 4.71. The molecule has 0 amide bonds. The molecule has 11 heteroatoms. The van der Waals surface area contributed by atoms with E-state index in [2.05, 4.69) is 17.0 Å². The molecule has 0 spiro atoms. The van der Waals surface area contributed by atoms with Crippen molar-refractivity contribution < 1.29 is 17.7 Å². The minimum atomic E-state index is -4.58. The van der Waals surface area contributed by atoms with Crippen molar-refractivity contribution in [3.8, 4) is 0 Å². The van der Waals surface area contributed by atoms with Gasteiger partial charge in [-0.3, -0.25) is 0 Å². The zero-order chi connectivity index (χ0) is 25.0. The summed E-state index contributed by atoms with van der Waals surface area (Å²) in [6, 6.07) is 5.96. The van der Waals surface area contributed by atoms with Crippen LogP contribution in [0.1, 0.15) is 57.3 Å². The summed E-state index contributed by atoms with van der Waals surface area (Å²) in [6.45, 7) is 7.76. The van der Waals surface area contributed by atoms with Crippen LogP contribution in [0, 0.1) is 0 Å². The largest absolute Gasteiger partial charge is 0.597 e. The molecule has 184 valence electrons. The Morgan fingerprint density at radius 2 is 1.85 bits per heavy atom. The van der Waals surface area contributed by atoms with Gasteiger partial charge in [-0.1, -0.05) is 30.7 Å². The van der Waals surface area contributed by atoms with Crippen LogP contribution in [0.2, 0.25) is 5.15 Å². The molecule has 0 aliphatic carbocycles. The molecule has 0 bridgehead atoms. The molecular weight excluding hydrogens is 487 g/mol. The Labute approximate surface area is 205 Å². The molecule has 4 rings (SSSR count). The third-order valence-electron chi connectivity index (χ3n) is 5.99. The van der Waals surface area contributed by atoms with Gasteiger partial charge in [0.05, 0.1) is 17.6 Å². The van der Waals surface area contributed by atoms with Crippen molar-refractivity contribution in [2.75, 3.05) is 18.5 Å². The number of benzene rings is 1. The number of rotatable bonds is 4. The maximum absolute atomic E-state index is 14.0. The zero-order valence-corrected chi connectivity index (χ0v) is 21.2. The molecule has 0 saturated heterocycles. The Kier molecular flexibility index (Phi) is 6.56. The van der Waals surface area contributed by atoms with Crippen LogP contribution in [0.4, 0.5) is 24.5 Å². The lowest BCUT2D eigenvalue weighted by molar-refractivity contribution is -0.171. The molecular formula is C23H27ClF3N5OS. The van der Waals surface area contributed by atoms with Crippen molar-refractivity contribution in [2.24, 2.45) is 0 Å². The van der Waals surface area contributed by atoms with E-state index in [-0.39, 0.29) is 11.5 Å². The van der Waals surface area contributed by atoms with Crippen LogP contribution in [0.15, 0.2) is 36.5 Å². The first-order valence-corrected chi connectivity index (χ1v) is 12.4. The van der Waals surface area contributed by atoms with Gasteiger partial charge in [0.25, 0.3) is 0 Å². The minimum Gasteiger partial charge on any atom is -0.597 e. The van der Waals surface area contributed by atoms with Gasteiger partial charge < -0.3 is 9.45 Å². The van der Waals surface area contributed by atoms with Crippen LogP contribution in [-0.2, 0) is 11.4 Å². The highest BCUT2D eigenvalue weighted by Crippen LogP contribution is 2.43. The summed E-state index contributed by atoms with van der Waals surface area (Å²) in [7, 11) is 1.25. The number of nitrogens with zero attached hydrogens (tertiary/aromatic N) is 5. The molecule has 0 N–H and O–H groups in total. The van der Waals surface area contributed by atoms with Gasteiger partial charge in [0.2, 0.25) is 0 Å². The quantitative estimate of drug-likeness (QED) is 0.399. The molecule has 1 unspecified atom stereocenters. The fraction of sp³-hybridized carbons (Fsp3) is 0.478. The lowest BCUT2D eigenvalue weighted by Gasteiger charge is -2.36. The summed E-state index contributed by atoms with van der Waals surface area (Å²) in [5.41, 5.74) is 3.24. The third-order valence-corrected chi connectivity index (χ3v) is 7.96. The monoisotopic (exact) mass is 513 g/mol. The lowest BCUT2D eigenvalue weighted by atomic mass is 9.96. The van der Waals surface area contributed by atoms with Gasteiger partial charge in [-0.2, -0.15) is 18.3 Å². The summed E-state index contributed by atoms with van der Waals surface area (Å²) in [4.78, 5) is 6.48. The van der Waals surface area contributed by atoms with Crippen molar-refractivity contribution in [1.82, 2.24) is 18.9 Å². The molecule has 1 aliphatic heterocycles. The van der Waals surface area contributed by atoms with Crippen LogP contribution >= 0.6 is 11.6 Å². The fourth-order valence-electron chi connectivity index (χ4n) is 4.40. The van der Waals surface area contributed by atoms with Crippen molar-refractivity contribution in [1.29, 1.82) is 0 Å². The van der Waals surface area contributed by atoms with Crippen LogP contribution in [-0.4, -0.2) is 48.0 Å². The molecule has 0 radical (unpaired) electrons. The number of anilines is 2. The fourth-order valence-corrected chi connectivity index (χ4v) is 5.87. The minimum absolute atomic E-state index is 0.0365. The van der Waals surface area contributed by atoms with Crippen molar-refractivity contribution >= 4 is 40.0 Å². The number of hydrogen-bond acceptors (Lipinski definition) is 5. The molecule has 3 heterocycles. The molecule has 3 atom stereocenters. The number of halogens is 4. The molecule has 6 nitrogen and oxygen atoms in total. The summed E-state index contributed by atoms with van der Waals surface area (Å²) in [5.74, 6) is 0.211. The highest BCUT2D eigenvalue weighted by Gasteiger charge is 2.50. The van der Waals surface area contributed by atoms with Gasteiger partial charge in [0.1, 0.15) is 4.75 Å². The normalized spacial score (nSPS) is 18.9. The van der Waals surface area contributed by atoms with E-state index in [1.165, 1.54) is 19.2 Å². The average molecular weight is 514 g/mol. The van der Waals surface area contributed by atoms with E-state index in [1.807, 2.05) is 4.90 Å². The van der Waals surface area contributed by atoms with Crippen LogP contribution in [0.25, 0.3) is 5.65 Å². The van der Waals surface area contributed by atoms with E-state index < -0.39 is 28.3 Å². The van der Waals surface area contributed by atoms with Gasteiger partial charge in [-0.05, 0) is 44.9 Å². The first kappa shape index (κ1) is 25.1. The first-order valence-electron chi connectivity index (χ1n) is 10.9. The topological polar surface area (TPSA) is 59.7 Å². The van der Waals surface area contributed by atoms with Crippen LogP contribution in [0.3, 0.4) is 0 Å². The van der Waals surface area contributed by atoms with Gasteiger partial charge in [0.15, 0.2) is 16.8 Å². The molecule has 2 aromatic heterocycles. The molecule has 3 aromatic rings. The van der Waals surface area contributed by atoms with E-state index in [1.54, 1.807) is 49.7 Å². The van der Waals surface area contributed by atoms with E-state index in [0.717, 1.165) is 27.8 Å². The van der Waals surface area contributed by atoms with Gasteiger partial charge >= 0.3 is 6.18 Å². The lowest BCUT2D eigenvalue weighted by Crippen LogP contribution is -2.46. The molecule has 1 aromatic carbocycles. The average Bonchev–Trinajstić information content (AvgIpc) is 3.12. The Hall–Kier alpha value is -2.01. The first-order chi connectivity index (χ1) is 15.8. The Bertz CT molecular complexity index is 1180. The highest BCUT2D eigenvalue weighted by molar-refractivity contribution is 7.90. The summed E-state index contributed by atoms with van der Waals surface area (Å²) < 4.78 is 56.6. The van der Waals surface area contributed by atoms with E-state index >= 15 is 0 Å². The molecule has 34 heavy (non-hydrogen) atoms. The Morgan fingerprint density at radius 3 is 2.44 bits per heavy atom. The molecule has 0 fully saturated rings. The van der Waals surface area contributed by atoms with E-state index in [4.69, 9.17) is 11.6 Å². The SMILES string of the molecule is CC1CCN(c2ccc([C@H](N(C)[S@+]([O-])C(C)(C)C)C(F)(F)F)cc2)c2cnc3cc(Cl)nn3c21. The predicted molar refractivity (Wildman–Crippen MR) is 129 cm³/mol. The van der Waals surface area contributed by atoms with Gasteiger partial charge in [0, 0.05) is 42.6 Å². The second-order valence-electron chi connectivity index (χ2n) is 9.55. The summed E-state index contributed by atoms with van der Waals surface area (Å²) >= 11 is 4.24.